The van der Waals surface area contributed by atoms with Gasteiger partial charge in [0.05, 0.1) is 29.5 Å². The summed E-state index contributed by atoms with van der Waals surface area (Å²) in [6, 6.07) is 10.9. The molecule has 3 aromatic rings. The van der Waals surface area contributed by atoms with E-state index in [2.05, 4.69) is 15.6 Å². The van der Waals surface area contributed by atoms with Crippen LogP contribution in [0.4, 0.5) is 4.39 Å². The van der Waals surface area contributed by atoms with E-state index in [0.717, 1.165) is 5.52 Å². The zero-order chi connectivity index (χ0) is 23.4. The summed E-state index contributed by atoms with van der Waals surface area (Å²) in [4.78, 5) is 12.8. The summed E-state index contributed by atoms with van der Waals surface area (Å²) in [5.74, 6) is -1.17. The van der Waals surface area contributed by atoms with Crippen LogP contribution in [0.1, 0.15) is 18.4 Å². The number of fused-ring (bicyclic) bond motifs is 1. The molecule has 1 aromatic heterocycles. The van der Waals surface area contributed by atoms with E-state index < -0.39 is 15.9 Å². The molecule has 2 aromatic carbocycles. The molecule has 33 heavy (non-hydrogen) atoms. The van der Waals surface area contributed by atoms with E-state index >= 15 is 0 Å². The third-order valence-electron chi connectivity index (χ3n) is 5.80. The number of sulfonamides is 1. The largest absolute Gasteiger partial charge is 0.383 e. The number of rotatable bonds is 8. The van der Waals surface area contributed by atoms with E-state index in [-0.39, 0.29) is 29.7 Å². The predicted molar refractivity (Wildman–Crippen MR) is 119 cm³/mol. The number of hydrogen-bond donors (Lipinski definition) is 1. The van der Waals surface area contributed by atoms with Gasteiger partial charge in [-0.15, -0.1) is 5.10 Å². The molecule has 176 valence electrons. The Bertz CT molecular complexity index is 1250. The van der Waals surface area contributed by atoms with E-state index in [9.17, 15) is 17.6 Å². The lowest BCUT2D eigenvalue weighted by Crippen LogP contribution is -2.45. The highest BCUT2D eigenvalue weighted by Gasteiger charge is 2.33. The highest BCUT2D eigenvalue weighted by atomic mass is 32.2. The molecule has 1 aliphatic heterocycles. The van der Waals surface area contributed by atoms with Crippen molar-refractivity contribution >= 4 is 27.0 Å². The van der Waals surface area contributed by atoms with E-state index in [1.165, 1.54) is 22.5 Å². The molecule has 11 heteroatoms. The lowest BCUT2D eigenvalue weighted by Gasteiger charge is -2.31. The number of aromatic nitrogens is 3. The van der Waals surface area contributed by atoms with Crippen molar-refractivity contribution in [3.8, 4) is 0 Å². The minimum absolute atomic E-state index is 0.0597. The normalized spacial score (nSPS) is 17.3. The Hall–Kier alpha value is -2.89. The Kier molecular flexibility index (Phi) is 7.01. The summed E-state index contributed by atoms with van der Waals surface area (Å²) in [6.07, 6.45) is 1.13. The molecular weight excluding hydrogens is 449 g/mol. The minimum Gasteiger partial charge on any atom is -0.383 e. The molecule has 9 nitrogen and oxygen atoms in total. The molecule has 1 amide bonds. The topological polar surface area (TPSA) is 106 Å². The van der Waals surface area contributed by atoms with Gasteiger partial charge in [-0.25, -0.2) is 17.5 Å². The maximum atomic E-state index is 13.8. The number of carbonyl (C=O) groups is 1. The number of halogens is 1. The van der Waals surface area contributed by atoms with Gasteiger partial charge >= 0.3 is 0 Å². The molecule has 1 N–H and O–H groups in total. The number of amides is 1. The number of nitrogens with one attached hydrogen (secondary N) is 1. The average molecular weight is 476 g/mol. The molecule has 1 aliphatic rings. The van der Waals surface area contributed by atoms with Crippen LogP contribution >= 0.6 is 0 Å². The standard InChI is InChI=1S/C22H26FN5O4S/c1-32-12-11-28-21-9-8-18(13-20(21)25-26-28)33(30,31)27-10-4-6-17(15-27)22(29)24-14-16-5-2-3-7-19(16)23/h2-3,5,7-9,13,17H,4,6,10-12,14-15H2,1H3,(H,24,29)/t17-/m1/s1. The number of carbonyl (C=O) groups excluding carboxylic acids is 1. The van der Waals surface area contributed by atoms with Gasteiger partial charge in [0.2, 0.25) is 15.9 Å². The quantitative estimate of drug-likeness (QED) is 0.534. The van der Waals surface area contributed by atoms with Gasteiger partial charge in [0.1, 0.15) is 11.3 Å². The van der Waals surface area contributed by atoms with Crippen LogP contribution in [0.25, 0.3) is 11.0 Å². The summed E-state index contributed by atoms with van der Waals surface area (Å²) < 4.78 is 48.4. The lowest BCUT2D eigenvalue weighted by atomic mass is 9.98. The van der Waals surface area contributed by atoms with Crippen molar-refractivity contribution in [3.05, 3.63) is 53.8 Å². The van der Waals surface area contributed by atoms with Crippen LogP contribution in [0, 0.1) is 11.7 Å². The summed E-state index contributed by atoms with van der Waals surface area (Å²) in [7, 11) is -2.22. The maximum absolute atomic E-state index is 13.8. The smallest absolute Gasteiger partial charge is 0.243 e. The first-order valence-corrected chi connectivity index (χ1v) is 12.2. The van der Waals surface area contributed by atoms with Gasteiger partial charge in [0, 0.05) is 32.3 Å². The summed E-state index contributed by atoms with van der Waals surface area (Å²) >= 11 is 0. The summed E-state index contributed by atoms with van der Waals surface area (Å²) in [5.41, 5.74) is 1.58. The van der Waals surface area contributed by atoms with Crippen molar-refractivity contribution in [1.29, 1.82) is 0 Å². The third kappa shape index (κ3) is 5.05. The monoisotopic (exact) mass is 475 g/mol. The molecule has 2 heterocycles. The number of ether oxygens (including phenoxy) is 1. The first-order chi connectivity index (χ1) is 15.9. The molecule has 0 unspecified atom stereocenters. The molecule has 0 aliphatic carbocycles. The molecule has 0 saturated carbocycles. The van der Waals surface area contributed by atoms with Gasteiger partial charge < -0.3 is 10.1 Å². The van der Waals surface area contributed by atoms with Crippen molar-refractivity contribution in [2.24, 2.45) is 5.92 Å². The Labute approximate surface area is 191 Å². The average Bonchev–Trinajstić information content (AvgIpc) is 3.24. The molecular formula is C22H26FN5O4S. The van der Waals surface area contributed by atoms with Gasteiger partial charge in [0.15, 0.2) is 0 Å². The Morgan fingerprint density at radius 3 is 2.88 bits per heavy atom. The van der Waals surface area contributed by atoms with E-state index in [1.54, 1.807) is 36.1 Å². The number of methoxy groups -OCH3 is 1. The molecule has 0 radical (unpaired) electrons. The molecule has 0 bridgehead atoms. The van der Waals surface area contributed by atoms with Crippen LogP contribution in [0.5, 0.6) is 0 Å². The van der Waals surface area contributed by atoms with E-state index in [1.807, 2.05) is 0 Å². The third-order valence-corrected chi connectivity index (χ3v) is 7.66. The van der Waals surface area contributed by atoms with Gasteiger partial charge in [-0.3, -0.25) is 4.79 Å². The molecule has 0 spiro atoms. The van der Waals surface area contributed by atoms with Crippen molar-refractivity contribution in [1.82, 2.24) is 24.6 Å². The van der Waals surface area contributed by atoms with Crippen LogP contribution in [0.15, 0.2) is 47.4 Å². The van der Waals surface area contributed by atoms with Gasteiger partial charge in [-0.1, -0.05) is 23.4 Å². The second kappa shape index (κ2) is 9.94. The number of hydrogen-bond acceptors (Lipinski definition) is 6. The second-order valence-corrected chi connectivity index (χ2v) is 9.91. The SMILES string of the molecule is COCCn1nnc2cc(S(=O)(=O)N3CCC[C@@H](C(=O)NCc4ccccc4F)C3)ccc21. The fourth-order valence-electron chi connectivity index (χ4n) is 3.95. The minimum atomic E-state index is -3.81. The van der Waals surface area contributed by atoms with Gasteiger partial charge in [-0.2, -0.15) is 4.31 Å². The van der Waals surface area contributed by atoms with Crippen LogP contribution in [0.2, 0.25) is 0 Å². The lowest BCUT2D eigenvalue weighted by molar-refractivity contribution is -0.126. The highest BCUT2D eigenvalue weighted by molar-refractivity contribution is 7.89. The van der Waals surface area contributed by atoms with Crippen LogP contribution in [0.3, 0.4) is 0 Å². The first kappa shape index (κ1) is 23.3. The van der Waals surface area contributed by atoms with Crippen molar-refractivity contribution in [2.45, 2.75) is 30.8 Å². The Morgan fingerprint density at radius 2 is 2.09 bits per heavy atom. The Balaban J connectivity index is 1.45. The van der Waals surface area contributed by atoms with Crippen molar-refractivity contribution in [2.75, 3.05) is 26.8 Å². The summed E-state index contributed by atoms with van der Waals surface area (Å²) in [6.45, 7) is 1.44. The Morgan fingerprint density at radius 1 is 1.27 bits per heavy atom. The predicted octanol–water partition coefficient (Wildman–Crippen LogP) is 1.93. The fraction of sp³-hybridized carbons (Fsp3) is 0.409. The molecule has 1 fully saturated rings. The molecule has 1 atom stereocenters. The highest BCUT2D eigenvalue weighted by Crippen LogP contribution is 2.26. The van der Waals surface area contributed by atoms with Crippen molar-refractivity contribution < 1.29 is 22.3 Å². The zero-order valence-corrected chi connectivity index (χ0v) is 19.1. The van der Waals surface area contributed by atoms with Crippen LogP contribution in [-0.4, -0.2) is 60.4 Å². The maximum Gasteiger partial charge on any atom is 0.243 e. The van der Waals surface area contributed by atoms with Gasteiger partial charge in [-0.05, 0) is 37.1 Å². The number of piperidine rings is 1. The summed E-state index contributed by atoms with van der Waals surface area (Å²) in [5, 5.41) is 10.9. The second-order valence-electron chi connectivity index (χ2n) is 7.97. The number of benzene rings is 2. The van der Waals surface area contributed by atoms with E-state index in [0.29, 0.717) is 43.6 Å². The zero-order valence-electron chi connectivity index (χ0n) is 18.3. The molecule has 1 saturated heterocycles. The first-order valence-electron chi connectivity index (χ1n) is 10.7. The van der Waals surface area contributed by atoms with E-state index in [4.69, 9.17) is 4.74 Å². The van der Waals surface area contributed by atoms with Crippen LogP contribution in [-0.2, 0) is 32.6 Å². The number of nitrogens with zero attached hydrogens (tertiary/aromatic N) is 4. The van der Waals surface area contributed by atoms with Crippen LogP contribution < -0.4 is 5.32 Å². The van der Waals surface area contributed by atoms with Gasteiger partial charge in [0.25, 0.3) is 0 Å². The fourth-order valence-corrected chi connectivity index (χ4v) is 5.49. The molecule has 4 rings (SSSR count). The van der Waals surface area contributed by atoms with Crippen molar-refractivity contribution in [3.63, 3.8) is 0 Å².